The van der Waals surface area contributed by atoms with E-state index in [2.05, 4.69) is 114 Å². The van der Waals surface area contributed by atoms with Gasteiger partial charge in [-0.15, -0.1) is 0 Å². The second-order valence-electron chi connectivity index (χ2n) is 10.4. The average Bonchev–Trinajstić information content (AvgIpc) is 3.51. The van der Waals surface area contributed by atoms with Crippen LogP contribution < -0.4 is 9.47 Å². The Labute approximate surface area is 240 Å². The lowest BCUT2D eigenvalue weighted by Gasteiger charge is -2.21. The molecule has 0 radical (unpaired) electrons. The van der Waals surface area contributed by atoms with Crippen LogP contribution in [0.15, 0.2) is 94.9 Å². The second-order valence-corrected chi connectivity index (χ2v) is 12.5. The molecule has 0 amide bonds. The molecule has 6 rings (SSSR count). The van der Waals surface area contributed by atoms with Gasteiger partial charge in [-0.25, -0.2) is 0 Å². The van der Waals surface area contributed by atoms with E-state index in [4.69, 9.17) is 0 Å². The highest BCUT2D eigenvalue weighted by molar-refractivity contribution is 8.03. The number of allylic oxidation sites excluding steroid dienone is 2. The number of hydrogen-bond acceptors (Lipinski definition) is 3. The van der Waals surface area contributed by atoms with Crippen LogP contribution in [-0.4, -0.2) is 6.54 Å². The molecule has 2 heterocycles. The Hall–Kier alpha value is -3.08. The van der Waals surface area contributed by atoms with Crippen molar-refractivity contribution in [1.82, 2.24) is 0 Å². The fraction of sp³-hybridized carbons (Fsp3) is 0.286. The number of benzene rings is 4. The SMILES string of the molecule is CCCCCN1/C(=C/C=C/c2sc3ccc4ccccc4c3[n+]2CCCCC)Sc2ccc3ccccc3c21. The molecule has 4 heteroatoms. The first-order valence-corrected chi connectivity index (χ1v) is 16.1. The molecule has 0 N–H and O–H groups in total. The van der Waals surface area contributed by atoms with Crippen molar-refractivity contribution in [3.63, 3.8) is 0 Å². The summed E-state index contributed by atoms with van der Waals surface area (Å²) in [6.45, 7) is 6.69. The maximum atomic E-state index is 2.57. The molecule has 0 bridgehead atoms. The zero-order valence-corrected chi connectivity index (χ0v) is 24.7. The first kappa shape index (κ1) is 26.2. The highest BCUT2D eigenvalue weighted by atomic mass is 32.2. The van der Waals surface area contributed by atoms with E-state index in [1.165, 1.54) is 90.9 Å². The number of anilines is 1. The molecule has 0 saturated heterocycles. The molecular formula is C35H37N2S2+. The molecular weight excluding hydrogens is 513 g/mol. The summed E-state index contributed by atoms with van der Waals surface area (Å²) in [6.07, 6.45) is 14.4. The van der Waals surface area contributed by atoms with Crippen molar-refractivity contribution in [3.8, 4) is 0 Å². The van der Waals surface area contributed by atoms with E-state index in [1.807, 2.05) is 23.1 Å². The van der Waals surface area contributed by atoms with Gasteiger partial charge in [0, 0.05) is 29.3 Å². The van der Waals surface area contributed by atoms with Crippen molar-refractivity contribution in [2.24, 2.45) is 0 Å². The number of hydrogen-bond donors (Lipinski definition) is 0. The standard InChI is InChI=1S/C35H37N2S2/c1-3-5-11-24-36-32(38-30-22-20-26-14-7-9-16-28(26)34(30)36)18-13-19-33-37(25-12-6-4-2)35-29-17-10-8-15-27(29)21-23-31(35)39-33/h7-10,13-23H,3-6,11-12,24-25H2,1-2H3/q+1. The van der Waals surface area contributed by atoms with Crippen LogP contribution >= 0.6 is 23.1 Å². The minimum absolute atomic E-state index is 1.06. The molecule has 1 aromatic heterocycles. The summed E-state index contributed by atoms with van der Waals surface area (Å²) in [5.74, 6) is 0. The number of nitrogens with zero attached hydrogens (tertiary/aromatic N) is 2. The molecule has 0 saturated carbocycles. The van der Waals surface area contributed by atoms with Crippen LogP contribution in [0.5, 0.6) is 0 Å². The summed E-state index contributed by atoms with van der Waals surface area (Å²) in [7, 11) is 0. The predicted molar refractivity (Wildman–Crippen MR) is 173 cm³/mol. The van der Waals surface area contributed by atoms with Gasteiger partial charge in [0.05, 0.1) is 16.1 Å². The third kappa shape index (κ3) is 5.25. The number of unbranched alkanes of at least 4 members (excludes halogenated alkanes) is 4. The summed E-state index contributed by atoms with van der Waals surface area (Å²) >= 11 is 3.83. The monoisotopic (exact) mass is 549 g/mol. The van der Waals surface area contributed by atoms with Gasteiger partial charge in [0.15, 0.2) is 6.54 Å². The minimum atomic E-state index is 1.06. The van der Waals surface area contributed by atoms with Crippen LogP contribution in [0.2, 0.25) is 0 Å². The number of aromatic nitrogens is 1. The lowest BCUT2D eigenvalue weighted by molar-refractivity contribution is -0.668. The van der Waals surface area contributed by atoms with Gasteiger partial charge < -0.3 is 4.90 Å². The first-order chi connectivity index (χ1) is 19.3. The molecule has 4 aromatic carbocycles. The third-order valence-corrected chi connectivity index (χ3v) is 9.91. The van der Waals surface area contributed by atoms with E-state index >= 15 is 0 Å². The zero-order chi connectivity index (χ0) is 26.6. The molecule has 0 aliphatic carbocycles. The number of thiazole rings is 1. The topological polar surface area (TPSA) is 7.12 Å². The average molecular weight is 550 g/mol. The van der Waals surface area contributed by atoms with Crippen LogP contribution in [0.1, 0.15) is 57.4 Å². The Morgan fingerprint density at radius 2 is 1.49 bits per heavy atom. The van der Waals surface area contributed by atoms with Crippen molar-refractivity contribution in [1.29, 1.82) is 0 Å². The Bertz CT molecular complexity index is 1680. The van der Waals surface area contributed by atoms with Crippen molar-refractivity contribution in [2.45, 2.75) is 63.8 Å². The van der Waals surface area contributed by atoms with Gasteiger partial charge in [-0.1, -0.05) is 117 Å². The van der Waals surface area contributed by atoms with E-state index in [1.54, 1.807) is 0 Å². The maximum Gasteiger partial charge on any atom is 0.262 e. The van der Waals surface area contributed by atoms with Gasteiger partial charge in [-0.2, -0.15) is 4.57 Å². The number of aryl methyl sites for hydroxylation is 1. The predicted octanol–water partition coefficient (Wildman–Crippen LogP) is 10.3. The Kier molecular flexibility index (Phi) is 8.03. The van der Waals surface area contributed by atoms with Gasteiger partial charge in [-0.3, -0.25) is 0 Å². The number of fused-ring (bicyclic) bond motifs is 6. The Morgan fingerprint density at radius 1 is 0.769 bits per heavy atom. The van der Waals surface area contributed by atoms with Crippen molar-refractivity contribution >= 4 is 66.6 Å². The first-order valence-electron chi connectivity index (χ1n) is 14.5. The van der Waals surface area contributed by atoms with E-state index in [9.17, 15) is 0 Å². The van der Waals surface area contributed by atoms with E-state index in [0.717, 1.165) is 13.1 Å². The van der Waals surface area contributed by atoms with Gasteiger partial charge in [0.25, 0.3) is 5.01 Å². The summed E-state index contributed by atoms with van der Waals surface area (Å²) in [4.78, 5) is 3.93. The molecule has 1 aliphatic heterocycles. The van der Waals surface area contributed by atoms with Crippen molar-refractivity contribution in [2.75, 3.05) is 11.4 Å². The normalized spacial score (nSPS) is 14.5. The lowest BCUT2D eigenvalue weighted by atomic mass is 10.1. The Balaban J connectivity index is 1.37. The molecule has 198 valence electrons. The smallest absolute Gasteiger partial charge is 0.262 e. The summed E-state index contributed by atoms with van der Waals surface area (Å²) in [5, 5.41) is 8.02. The summed E-state index contributed by atoms with van der Waals surface area (Å²) < 4.78 is 3.93. The molecule has 39 heavy (non-hydrogen) atoms. The van der Waals surface area contributed by atoms with Crippen LogP contribution in [0.25, 0.3) is 37.8 Å². The van der Waals surface area contributed by atoms with Crippen LogP contribution in [-0.2, 0) is 6.54 Å². The Morgan fingerprint density at radius 3 is 2.31 bits per heavy atom. The largest absolute Gasteiger partial charge is 0.335 e. The van der Waals surface area contributed by atoms with E-state index < -0.39 is 0 Å². The molecule has 0 atom stereocenters. The zero-order valence-electron chi connectivity index (χ0n) is 23.0. The summed E-state index contributed by atoms with van der Waals surface area (Å²) in [6, 6.07) is 26.8. The van der Waals surface area contributed by atoms with Gasteiger partial charge in [-0.05, 0) is 47.9 Å². The van der Waals surface area contributed by atoms with Crippen LogP contribution in [0.3, 0.4) is 0 Å². The van der Waals surface area contributed by atoms with Gasteiger partial charge in [0.2, 0.25) is 5.52 Å². The fourth-order valence-corrected chi connectivity index (χ4v) is 7.93. The molecule has 5 aromatic rings. The minimum Gasteiger partial charge on any atom is -0.335 e. The molecule has 0 unspecified atom stereocenters. The maximum absolute atomic E-state index is 2.57. The molecule has 2 nitrogen and oxygen atoms in total. The fourth-order valence-electron chi connectivity index (χ4n) is 5.69. The lowest BCUT2D eigenvalue weighted by Crippen LogP contribution is -2.35. The number of rotatable bonds is 10. The third-order valence-electron chi connectivity index (χ3n) is 7.68. The highest BCUT2D eigenvalue weighted by Crippen LogP contribution is 2.49. The van der Waals surface area contributed by atoms with Crippen molar-refractivity contribution in [3.05, 3.63) is 95.0 Å². The second kappa shape index (κ2) is 12.0. The highest BCUT2D eigenvalue weighted by Gasteiger charge is 2.26. The molecule has 1 aliphatic rings. The molecule has 0 spiro atoms. The molecule has 0 fully saturated rings. The van der Waals surface area contributed by atoms with Gasteiger partial charge in [0.1, 0.15) is 4.70 Å². The quantitative estimate of drug-likeness (QED) is 0.126. The van der Waals surface area contributed by atoms with Crippen LogP contribution in [0, 0.1) is 0 Å². The van der Waals surface area contributed by atoms with Gasteiger partial charge >= 0.3 is 0 Å². The van der Waals surface area contributed by atoms with E-state index in [-0.39, 0.29) is 0 Å². The van der Waals surface area contributed by atoms with Crippen LogP contribution in [0.4, 0.5) is 5.69 Å². The number of thioether (sulfide) groups is 1. The summed E-state index contributed by atoms with van der Waals surface area (Å²) in [5.41, 5.74) is 2.77. The van der Waals surface area contributed by atoms with E-state index in [0.29, 0.717) is 0 Å². The van der Waals surface area contributed by atoms with Crippen molar-refractivity contribution < 1.29 is 4.57 Å².